The number of amides is 3. The van der Waals surface area contributed by atoms with Gasteiger partial charge in [0.25, 0.3) is 0 Å². The number of nitrogens with zero attached hydrogens (tertiary/aromatic N) is 3. The first-order valence-electron chi connectivity index (χ1n) is 10.1. The lowest BCUT2D eigenvalue weighted by Crippen LogP contribution is -2.52. The summed E-state index contributed by atoms with van der Waals surface area (Å²) in [4.78, 5) is 43.3. The second kappa shape index (κ2) is 8.84. The SMILES string of the molecule is CCCC(=O)N1CCCC1C(=O)N1CCC(C(=O)N2CCOCC2)CC1. The number of carbonyl (C=O) groups excluding carboxylic acids is 3. The molecule has 26 heavy (non-hydrogen) atoms. The van der Waals surface area contributed by atoms with Gasteiger partial charge in [0, 0.05) is 45.1 Å². The molecule has 0 N–H and O–H groups in total. The first kappa shape index (κ1) is 19.1. The van der Waals surface area contributed by atoms with Crippen molar-refractivity contribution < 1.29 is 19.1 Å². The van der Waals surface area contributed by atoms with Crippen molar-refractivity contribution in [3.8, 4) is 0 Å². The van der Waals surface area contributed by atoms with Crippen molar-refractivity contribution in [3.63, 3.8) is 0 Å². The van der Waals surface area contributed by atoms with Gasteiger partial charge in [0.05, 0.1) is 13.2 Å². The smallest absolute Gasteiger partial charge is 0.245 e. The highest BCUT2D eigenvalue weighted by atomic mass is 16.5. The van der Waals surface area contributed by atoms with Gasteiger partial charge in [0.1, 0.15) is 6.04 Å². The Labute approximate surface area is 155 Å². The van der Waals surface area contributed by atoms with Crippen LogP contribution in [-0.2, 0) is 19.1 Å². The van der Waals surface area contributed by atoms with Gasteiger partial charge in [-0.05, 0) is 32.1 Å². The molecule has 3 saturated heterocycles. The molecule has 0 aliphatic carbocycles. The van der Waals surface area contributed by atoms with Crippen LogP contribution in [0.25, 0.3) is 0 Å². The number of ether oxygens (including phenoxy) is 1. The molecule has 1 unspecified atom stereocenters. The molecule has 0 spiro atoms. The molecule has 1 atom stereocenters. The summed E-state index contributed by atoms with van der Waals surface area (Å²) in [7, 11) is 0. The van der Waals surface area contributed by atoms with Crippen LogP contribution >= 0.6 is 0 Å². The van der Waals surface area contributed by atoms with Crippen LogP contribution in [-0.4, -0.2) is 84.4 Å². The van der Waals surface area contributed by atoms with Crippen molar-refractivity contribution in [3.05, 3.63) is 0 Å². The van der Waals surface area contributed by atoms with Gasteiger partial charge < -0.3 is 19.4 Å². The molecule has 0 saturated carbocycles. The predicted octanol–water partition coefficient (Wildman–Crippen LogP) is 0.875. The number of hydrogen-bond acceptors (Lipinski definition) is 4. The van der Waals surface area contributed by atoms with E-state index >= 15 is 0 Å². The zero-order valence-corrected chi connectivity index (χ0v) is 15.8. The fourth-order valence-electron chi connectivity index (χ4n) is 4.28. The number of carbonyl (C=O) groups is 3. The van der Waals surface area contributed by atoms with E-state index in [0.717, 1.165) is 32.1 Å². The summed E-state index contributed by atoms with van der Waals surface area (Å²) in [5.41, 5.74) is 0. The van der Waals surface area contributed by atoms with Crippen molar-refractivity contribution in [2.45, 2.75) is 51.5 Å². The van der Waals surface area contributed by atoms with Crippen molar-refractivity contribution in [2.75, 3.05) is 45.9 Å². The third-order valence-corrected chi connectivity index (χ3v) is 5.80. The Hall–Kier alpha value is -1.63. The van der Waals surface area contributed by atoms with Crippen molar-refractivity contribution in [1.29, 1.82) is 0 Å². The molecule has 0 aromatic rings. The quantitative estimate of drug-likeness (QED) is 0.741. The zero-order chi connectivity index (χ0) is 18.5. The molecule has 0 aromatic carbocycles. The molecule has 3 aliphatic rings. The van der Waals surface area contributed by atoms with Crippen LogP contribution in [0, 0.1) is 5.92 Å². The largest absolute Gasteiger partial charge is 0.378 e. The van der Waals surface area contributed by atoms with Crippen molar-refractivity contribution >= 4 is 17.7 Å². The fourth-order valence-corrected chi connectivity index (χ4v) is 4.28. The van der Waals surface area contributed by atoms with E-state index < -0.39 is 0 Å². The van der Waals surface area contributed by atoms with E-state index in [1.165, 1.54) is 0 Å². The normalized spacial score (nSPS) is 24.8. The second-order valence-corrected chi connectivity index (χ2v) is 7.53. The maximum absolute atomic E-state index is 12.9. The summed E-state index contributed by atoms with van der Waals surface area (Å²) >= 11 is 0. The topological polar surface area (TPSA) is 70.2 Å². The van der Waals surface area contributed by atoms with Crippen LogP contribution in [0.2, 0.25) is 0 Å². The second-order valence-electron chi connectivity index (χ2n) is 7.53. The molecule has 0 bridgehead atoms. The van der Waals surface area contributed by atoms with E-state index in [2.05, 4.69) is 0 Å². The van der Waals surface area contributed by atoms with Crippen LogP contribution < -0.4 is 0 Å². The summed E-state index contributed by atoms with van der Waals surface area (Å²) in [6.45, 7) is 6.50. The molecule has 3 amide bonds. The van der Waals surface area contributed by atoms with E-state index in [0.29, 0.717) is 52.4 Å². The van der Waals surface area contributed by atoms with E-state index in [9.17, 15) is 14.4 Å². The van der Waals surface area contributed by atoms with Crippen LogP contribution in [0.5, 0.6) is 0 Å². The van der Waals surface area contributed by atoms with E-state index in [-0.39, 0.29) is 29.7 Å². The minimum Gasteiger partial charge on any atom is -0.378 e. The number of piperidine rings is 1. The van der Waals surface area contributed by atoms with E-state index in [4.69, 9.17) is 4.74 Å². The molecule has 7 nitrogen and oxygen atoms in total. The van der Waals surface area contributed by atoms with E-state index in [1.54, 1.807) is 4.90 Å². The summed E-state index contributed by atoms with van der Waals surface area (Å²) in [5, 5.41) is 0. The standard InChI is InChI=1S/C19H31N3O4/c1-2-4-17(23)22-8-3-5-16(22)19(25)20-9-6-15(7-10-20)18(24)21-11-13-26-14-12-21/h15-16H,2-14H2,1H3. The molecule has 3 fully saturated rings. The van der Waals surface area contributed by atoms with Gasteiger partial charge in [0.15, 0.2) is 0 Å². The van der Waals surface area contributed by atoms with Crippen LogP contribution in [0.4, 0.5) is 0 Å². The van der Waals surface area contributed by atoms with Crippen molar-refractivity contribution in [1.82, 2.24) is 14.7 Å². The first-order valence-corrected chi connectivity index (χ1v) is 10.1. The molecule has 0 radical (unpaired) electrons. The minimum atomic E-state index is -0.291. The molecular formula is C19H31N3O4. The summed E-state index contributed by atoms with van der Waals surface area (Å²) < 4.78 is 5.31. The Balaban J connectivity index is 1.51. The maximum Gasteiger partial charge on any atom is 0.245 e. The predicted molar refractivity (Wildman–Crippen MR) is 96.3 cm³/mol. The van der Waals surface area contributed by atoms with Gasteiger partial charge in [-0.3, -0.25) is 14.4 Å². The van der Waals surface area contributed by atoms with Crippen LogP contribution in [0.3, 0.4) is 0 Å². The van der Waals surface area contributed by atoms with Gasteiger partial charge in [0.2, 0.25) is 17.7 Å². The lowest BCUT2D eigenvalue weighted by atomic mass is 9.94. The van der Waals surface area contributed by atoms with Gasteiger partial charge in [-0.15, -0.1) is 0 Å². The molecule has 3 heterocycles. The summed E-state index contributed by atoms with van der Waals surface area (Å²) in [6, 6.07) is -0.291. The monoisotopic (exact) mass is 365 g/mol. The van der Waals surface area contributed by atoms with Gasteiger partial charge in [-0.2, -0.15) is 0 Å². The average molecular weight is 365 g/mol. The Kier molecular flexibility index (Phi) is 6.51. The van der Waals surface area contributed by atoms with Gasteiger partial charge in [-0.1, -0.05) is 6.92 Å². The van der Waals surface area contributed by atoms with Gasteiger partial charge in [-0.25, -0.2) is 0 Å². The fraction of sp³-hybridized carbons (Fsp3) is 0.842. The minimum absolute atomic E-state index is 0.0126. The summed E-state index contributed by atoms with van der Waals surface area (Å²) in [5.74, 6) is 0.393. The molecule has 3 aliphatic heterocycles. The summed E-state index contributed by atoms with van der Waals surface area (Å²) in [6.07, 6.45) is 4.43. The average Bonchev–Trinajstić information content (AvgIpc) is 3.18. The van der Waals surface area contributed by atoms with Crippen molar-refractivity contribution in [2.24, 2.45) is 5.92 Å². The Morgan fingerprint density at radius 2 is 1.54 bits per heavy atom. The number of likely N-dealkylation sites (tertiary alicyclic amines) is 2. The Morgan fingerprint density at radius 1 is 0.885 bits per heavy atom. The highest BCUT2D eigenvalue weighted by Gasteiger charge is 2.38. The molecule has 146 valence electrons. The van der Waals surface area contributed by atoms with Gasteiger partial charge >= 0.3 is 0 Å². The number of rotatable bonds is 4. The van der Waals surface area contributed by atoms with Crippen LogP contribution in [0.1, 0.15) is 45.4 Å². The van der Waals surface area contributed by atoms with E-state index in [1.807, 2.05) is 16.7 Å². The lowest BCUT2D eigenvalue weighted by Gasteiger charge is -2.37. The first-order chi connectivity index (χ1) is 12.6. The zero-order valence-electron chi connectivity index (χ0n) is 15.8. The molecule has 7 heteroatoms. The Morgan fingerprint density at radius 3 is 2.19 bits per heavy atom. The highest BCUT2D eigenvalue weighted by Crippen LogP contribution is 2.25. The van der Waals surface area contributed by atoms with Crippen LogP contribution in [0.15, 0.2) is 0 Å². The molecular weight excluding hydrogens is 334 g/mol. The molecule has 3 rings (SSSR count). The Bertz CT molecular complexity index is 525. The number of hydrogen-bond donors (Lipinski definition) is 0. The maximum atomic E-state index is 12.9. The highest BCUT2D eigenvalue weighted by molar-refractivity contribution is 5.88. The third-order valence-electron chi connectivity index (χ3n) is 5.80. The number of morpholine rings is 1. The molecule has 0 aromatic heterocycles. The third kappa shape index (κ3) is 4.19. The lowest BCUT2D eigenvalue weighted by molar-refractivity contribution is -0.147.